The third-order valence-corrected chi connectivity index (χ3v) is 10.4. The first-order valence-electron chi connectivity index (χ1n) is 16.9. The van der Waals surface area contributed by atoms with Crippen molar-refractivity contribution in [3.05, 3.63) is 124 Å². The van der Waals surface area contributed by atoms with Crippen molar-refractivity contribution in [1.29, 1.82) is 0 Å². The number of carbonyl (C=O) groups excluding carboxylic acids is 3. The number of fused-ring (bicyclic) bond motifs is 2. The van der Waals surface area contributed by atoms with Crippen LogP contribution in [0.1, 0.15) is 62.9 Å². The molecule has 4 aromatic rings. The number of phenols is 1. The lowest BCUT2D eigenvalue weighted by Gasteiger charge is -2.37. The minimum absolute atomic E-state index is 0.0270. The number of amides is 3. The smallest absolute Gasteiger partial charge is 0.258 e. The fourth-order valence-electron chi connectivity index (χ4n) is 7.92. The van der Waals surface area contributed by atoms with E-state index in [9.17, 15) is 19.5 Å². The third kappa shape index (κ3) is 5.90. The molecule has 2 N–H and O–H groups in total. The molecule has 4 aliphatic rings. The zero-order valence-electron chi connectivity index (χ0n) is 27.0. The first-order chi connectivity index (χ1) is 23.8. The maximum absolute atomic E-state index is 15.3. The molecule has 1 unspecified atom stereocenters. The topological polar surface area (TPSA) is 102 Å². The Balaban J connectivity index is 0.932. The number of hydrogen-bond acceptors (Lipinski definition) is 7. The molecule has 0 radical (unpaired) electrons. The van der Waals surface area contributed by atoms with Gasteiger partial charge in [0.2, 0.25) is 11.8 Å². The Labute approximate surface area is 283 Å². The van der Waals surface area contributed by atoms with Gasteiger partial charge >= 0.3 is 0 Å². The van der Waals surface area contributed by atoms with Crippen molar-refractivity contribution in [2.75, 3.05) is 37.7 Å². The quantitative estimate of drug-likeness (QED) is 0.283. The number of piperidine rings is 1. The molecule has 9 nitrogen and oxygen atoms in total. The molecular weight excluding hydrogens is 623 g/mol. The van der Waals surface area contributed by atoms with Crippen LogP contribution in [0.15, 0.2) is 84.9 Å². The van der Waals surface area contributed by atoms with Gasteiger partial charge in [-0.1, -0.05) is 54.6 Å². The number of benzene rings is 4. The number of rotatable bonds is 6. The second-order valence-electron chi connectivity index (χ2n) is 13.4. The molecule has 8 rings (SSSR count). The summed E-state index contributed by atoms with van der Waals surface area (Å²) in [5.41, 5.74) is 6.03. The minimum Gasteiger partial charge on any atom is -0.508 e. The van der Waals surface area contributed by atoms with Gasteiger partial charge in [-0.15, -0.1) is 0 Å². The van der Waals surface area contributed by atoms with Gasteiger partial charge in [-0.3, -0.25) is 24.6 Å². The van der Waals surface area contributed by atoms with E-state index < -0.39 is 23.7 Å². The van der Waals surface area contributed by atoms with Crippen molar-refractivity contribution in [3.63, 3.8) is 0 Å². The maximum Gasteiger partial charge on any atom is 0.258 e. The molecule has 250 valence electrons. The highest BCUT2D eigenvalue weighted by Crippen LogP contribution is 2.47. The van der Waals surface area contributed by atoms with E-state index in [0.29, 0.717) is 18.7 Å². The van der Waals surface area contributed by atoms with Gasteiger partial charge in [0.25, 0.3) is 5.91 Å². The number of anilines is 1. The fourth-order valence-corrected chi connectivity index (χ4v) is 7.92. The molecule has 0 spiro atoms. The number of halogens is 1. The highest BCUT2D eigenvalue weighted by Gasteiger charge is 2.41. The van der Waals surface area contributed by atoms with Crippen LogP contribution in [0.25, 0.3) is 0 Å². The molecule has 0 aromatic heterocycles. The van der Waals surface area contributed by atoms with E-state index in [0.717, 1.165) is 48.7 Å². The molecule has 2 saturated heterocycles. The van der Waals surface area contributed by atoms with Gasteiger partial charge in [0.05, 0.1) is 12.2 Å². The van der Waals surface area contributed by atoms with Crippen LogP contribution in [-0.2, 0) is 22.7 Å². The van der Waals surface area contributed by atoms with Crippen LogP contribution in [0, 0.1) is 5.82 Å². The molecule has 4 aliphatic heterocycles. The summed E-state index contributed by atoms with van der Waals surface area (Å²) >= 11 is 0. The normalized spacial score (nSPS) is 22.4. The number of nitrogens with one attached hydrogen (secondary N) is 1. The number of phenolic OH excluding ortho intramolecular Hbond substituents is 1. The van der Waals surface area contributed by atoms with Gasteiger partial charge in [0.1, 0.15) is 23.4 Å². The number of imide groups is 1. The summed E-state index contributed by atoms with van der Waals surface area (Å²) in [5.74, 6) is -0.786. The Bertz CT molecular complexity index is 1930. The molecule has 3 amide bonds. The number of nitrogens with zero attached hydrogens (tertiary/aromatic N) is 3. The molecule has 0 aliphatic carbocycles. The molecular formula is C39H37FN4O5. The van der Waals surface area contributed by atoms with Crippen molar-refractivity contribution in [2.24, 2.45) is 0 Å². The summed E-state index contributed by atoms with van der Waals surface area (Å²) in [7, 11) is 0. The van der Waals surface area contributed by atoms with Crippen LogP contribution < -0.4 is 15.0 Å². The SMILES string of the molecule is O=C1CCC(N2Cc3cc(CN4CCN(c5ccc([C@H]6c7ccc(O)cc7OC[C@H]6c6ccccc6)cc5)CC4)cc(F)c3C2=O)C(=O)N1. The molecule has 4 heterocycles. The Hall–Kier alpha value is -5.22. The predicted octanol–water partition coefficient (Wildman–Crippen LogP) is 4.92. The van der Waals surface area contributed by atoms with Crippen molar-refractivity contribution in [1.82, 2.24) is 15.1 Å². The Kier molecular flexibility index (Phi) is 8.03. The van der Waals surface area contributed by atoms with Crippen molar-refractivity contribution >= 4 is 23.4 Å². The highest BCUT2D eigenvalue weighted by molar-refractivity contribution is 6.05. The van der Waals surface area contributed by atoms with Crippen LogP contribution in [0.5, 0.6) is 11.5 Å². The van der Waals surface area contributed by atoms with Crippen LogP contribution >= 0.6 is 0 Å². The summed E-state index contributed by atoms with van der Waals surface area (Å²) < 4.78 is 21.4. The first-order valence-corrected chi connectivity index (χ1v) is 16.9. The monoisotopic (exact) mass is 660 g/mol. The molecule has 49 heavy (non-hydrogen) atoms. The van der Waals surface area contributed by atoms with Crippen LogP contribution in [-0.4, -0.2) is 71.5 Å². The lowest BCUT2D eigenvalue weighted by molar-refractivity contribution is -0.136. The lowest BCUT2D eigenvalue weighted by Crippen LogP contribution is -2.52. The zero-order chi connectivity index (χ0) is 33.6. The van der Waals surface area contributed by atoms with Gasteiger partial charge < -0.3 is 19.6 Å². The predicted molar refractivity (Wildman–Crippen MR) is 181 cm³/mol. The van der Waals surface area contributed by atoms with Crippen LogP contribution in [0.4, 0.5) is 10.1 Å². The Morgan fingerprint density at radius 1 is 0.878 bits per heavy atom. The van der Waals surface area contributed by atoms with Crippen molar-refractivity contribution in [3.8, 4) is 11.5 Å². The largest absolute Gasteiger partial charge is 0.508 e. The van der Waals surface area contributed by atoms with Gasteiger partial charge in [-0.05, 0) is 52.9 Å². The number of piperazine rings is 1. The van der Waals surface area contributed by atoms with E-state index in [-0.39, 0.29) is 48.4 Å². The van der Waals surface area contributed by atoms with Crippen molar-refractivity contribution in [2.45, 2.75) is 43.8 Å². The number of ether oxygens (including phenoxy) is 1. The van der Waals surface area contributed by atoms with Gasteiger partial charge in [-0.2, -0.15) is 0 Å². The summed E-state index contributed by atoms with van der Waals surface area (Å²) in [6.07, 6.45) is 0.403. The fraction of sp³-hybridized carbons (Fsp3) is 0.308. The Morgan fingerprint density at radius 3 is 2.41 bits per heavy atom. The summed E-state index contributed by atoms with van der Waals surface area (Å²) in [4.78, 5) is 43.1. The first kappa shape index (κ1) is 31.1. The molecule has 2 fully saturated rings. The standard InChI is InChI=1S/C39H37FN4O5/c40-32-19-24(18-27-22-44(39(48)37(27)32)33-12-13-35(46)41-38(33)47)21-42-14-16-43(17-15-42)28-8-6-26(7-9-28)36-30-11-10-29(45)20-34(30)49-23-31(36)25-4-2-1-3-5-25/h1-11,18-20,31,33,36,45H,12-17,21-23H2,(H,41,46,47)/t31-,33?,36-/m0/s1. The third-order valence-electron chi connectivity index (χ3n) is 10.4. The minimum atomic E-state index is -0.769. The van der Waals surface area contributed by atoms with Crippen LogP contribution in [0.2, 0.25) is 0 Å². The van der Waals surface area contributed by atoms with Crippen molar-refractivity contribution < 1.29 is 28.6 Å². The zero-order valence-corrected chi connectivity index (χ0v) is 27.0. The van der Waals surface area contributed by atoms with Gasteiger partial charge in [0, 0.05) is 74.8 Å². The molecule has 4 aromatic carbocycles. The van der Waals surface area contributed by atoms with E-state index in [4.69, 9.17) is 4.74 Å². The van der Waals surface area contributed by atoms with E-state index >= 15 is 4.39 Å². The molecule has 0 saturated carbocycles. The van der Waals surface area contributed by atoms with E-state index in [2.05, 4.69) is 63.6 Å². The number of carbonyl (C=O) groups is 3. The Morgan fingerprint density at radius 2 is 1.65 bits per heavy atom. The average Bonchev–Trinajstić information content (AvgIpc) is 3.44. The second kappa shape index (κ2) is 12.7. The lowest BCUT2D eigenvalue weighted by atomic mass is 9.76. The summed E-state index contributed by atoms with van der Waals surface area (Å²) in [6, 6.07) is 27.1. The summed E-state index contributed by atoms with van der Waals surface area (Å²) in [5, 5.41) is 12.4. The van der Waals surface area contributed by atoms with E-state index in [1.54, 1.807) is 12.1 Å². The molecule has 3 atom stereocenters. The van der Waals surface area contributed by atoms with Gasteiger partial charge in [-0.25, -0.2) is 4.39 Å². The second-order valence-corrected chi connectivity index (χ2v) is 13.4. The average molecular weight is 661 g/mol. The van der Waals surface area contributed by atoms with Gasteiger partial charge in [0.15, 0.2) is 0 Å². The van der Waals surface area contributed by atoms with E-state index in [1.807, 2.05) is 18.2 Å². The molecule has 0 bridgehead atoms. The highest BCUT2D eigenvalue weighted by atomic mass is 19.1. The maximum atomic E-state index is 15.3. The number of hydrogen-bond donors (Lipinski definition) is 2. The molecule has 10 heteroatoms. The van der Waals surface area contributed by atoms with E-state index in [1.165, 1.54) is 22.1 Å². The summed E-state index contributed by atoms with van der Waals surface area (Å²) in [6.45, 7) is 4.48. The van der Waals surface area contributed by atoms with Crippen LogP contribution in [0.3, 0.4) is 0 Å². The number of aromatic hydroxyl groups is 1.